The van der Waals surface area contributed by atoms with Crippen LogP contribution in [-0.2, 0) is 116 Å². The number of amides is 13. The molecule has 2 aromatic heterocycles. The third-order valence-corrected chi connectivity index (χ3v) is 26.0. The Bertz CT molecular complexity index is 4980. The summed E-state index contributed by atoms with van der Waals surface area (Å²) < 4.78 is 0. The van der Waals surface area contributed by atoms with Crippen molar-refractivity contribution in [1.29, 1.82) is 0 Å². The number of aromatic nitrogens is 2. The van der Waals surface area contributed by atoms with E-state index in [9.17, 15) is 97.8 Å². The van der Waals surface area contributed by atoms with Gasteiger partial charge in [-0.25, -0.2) is 0 Å². The Morgan fingerprint density at radius 2 is 0.917 bits per heavy atom. The predicted molar refractivity (Wildman–Crippen MR) is 484 cm³/mol. The molecule has 13 amide bonds. The van der Waals surface area contributed by atoms with Gasteiger partial charge in [0.15, 0.2) is 0 Å². The van der Waals surface area contributed by atoms with Crippen LogP contribution in [0.15, 0.2) is 79.1 Å². The lowest BCUT2D eigenvalue weighted by molar-refractivity contribution is -0.143. The van der Waals surface area contributed by atoms with Gasteiger partial charge in [0.05, 0.1) is 45.2 Å². The number of carbonyl (C=O) groups excluding carboxylic acids is 13. The Labute approximate surface area is 772 Å². The second-order valence-electron chi connectivity index (χ2n) is 33.7. The SMILES string of the molecule is CC(C)[C@@H]1NC(=O)[C@H](Cc2c[nH]c3ccccc23)NC(=O)[C@@H]2CSCc3cc(cc(c3)CSC[C@H](NC(=O)CN3CCN(CC(=O)O)CCN(CC(=O)O)CCN(CC(=O)O)CC3)C(=O)NC([C@@H](C)O)C(=O)N[C@@H](CCC(=O)O)C(=O)N2)CSC[C@@H](C(N)=O)NC(=O)[C@@H]2CCCN2C(=O)[C@H](C(C)C)NC(=O)[C@H](Cc2c[nH]c3ccccc23)NC(=O)CNC(=O)C(CC(=O)O)NC1=O. The van der Waals surface area contributed by atoms with Crippen molar-refractivity contribution in [1.82, 2.24) is 93.0 Å². The number of carboxylic acid groups (broad SMARTS) is 5. The molecule has 132 heavy (non-hydrogen) atoms. The fourth-order valence-electron chi connectivity index (χ4n) is 15.7. The number of nitrogens with zero attached hydrogens (tertiary/aromatic N) is 5. The number of aromatic amines is 2. The number of rotatable bonds is 22. The highest BCUT2D eigenvalue weighted by Gasteiger charge is 2.43. The molecule has 21 N–H and O–H groups in total. The fraction of sp³-hybridized carbons (Fsp3) is 0.535. The number of hydrogen-bond donors (Lipinski definition) is 20. The molecule has 4 aliphatic heterocycles. The molecule has 2 saturated heterocycles. The summed E-state index contributed by atoms with van der Waals surface area (Å²) >= 11 is 3.35. The van der Waals surface area contributed by atoms with Crippen molar-refractivity contribution >= 4 is 164 Å². The van der Waals surface area contributed by atoms with Crippen LogP contribution in [-0.4, -0.2) is 353 Å². The summed E-state index contributed by atoms with van der Waals surface area (Å²) in [5.41, 5.74) is 10.0. The third-order valence-electron chi connectivity index (χ3n) is 22.7. The number of carboxylic acids is 5. The summed E-state index contributed by atoms with van der Waals surface area (Å²) in [6, 6.07) is 1.49. The minimum absolute atomic E-state index is 0.00970. The maximum Gasteiger partial charge on any atom is 0.317 e. The van der Waals surface area contributed by atoms with Gasteiger partial charge >= 0.3 is 29.8 Å². The van der Waals surface area contributed by atoms with E-state index in [2.05, 4.69) is 68.5 Å². The zero-order valence-corrected chi connectivity index (χ0v) is 76.2. The lowest BCUT2D eigenvalue weighted by Crippen LogP contribution is -2.62. The van der Waals surface area contributed by atoms with Crippen LogP contribution >= 0.6 is 35.3 Å². The molecule has 718 valence electrons. The van der Waals surface area contributed by atoms with E-state index in [1.54, 1.807) is 103 Å². The molecular formula is C86H117N19O24S3. The van der Waals surface area contributed by atoms with E-state index < -0.39 is 243 Å². The Hall–Kier alpha value is -12.0. The third kappa shape index (κ3) is 31.7. The molecule has 5 aromatic rings. The zero-order chi connectivity index (χ0) is 96.2. The molecule has 0 saturated carbocycles. The first kappa shape index (κ1) is 104. The van der Waals surface area contributed by atoms with Gasteiger partial charge in [0.1, 0.15) is 66.5 Å². The van der Waals surface area contributed by atoms with Crippen molar-refractivity contribution in [3.63, 3.8) is 0 Å². The number of fused-ring (bicyclic) bond motifs is 8. The van der Waals surface area contributed by atoms with E-state index in [1.165, 1.54) is 40.3 Å². The first-order chi connectivity index (χ1) is 62.7. The normalized spacial score (nSPS) is 24.2. The van der Waals surface area contributed by atoms with Crippen LogP contribution in [0.1, 0.15) is 94.5 Å². The van der Waals surface area contributed by atoms with E-state index >= 15 is 19.2 Å². The molecule has 46 heteroatoms. The minimum Gasteiger partial charge on any atom is -0.481 e. The lowest BCUT2D eigenvalue weighted by atomic mass is 9.99. The van der Waals surface area contributed by atoms with E-state index in [0.717, 1.165) is 30.4 Å². The van der Waals surface area contributed by atoms with Crippen LogP contribution in [0.25, 0.3) is 21.8 Å². The highest BCUT2D eigenvalue weighted by Crippen LogP contribution is 2.28. The van der Waals surface area contributed by atoms with Crippen LogP contribution in [0.3, 0.4) is 0 Å². The molecule has 0 aliphatic carbocycles. The highest BCUT2D eigenvalue weighted by molar-refractivity contribution is 7.99. The quantitative estimate of drug-likeness (QED) is 0.0325. The molecule has 43 nitrogen and oxygen atoms in total. The molecule has 2 unspecified atom stereocenters. The number of aliphatic hydroxyl groups excluding tert-OH is 1. The predicted octanol–water partition coefficient (Wildman–Crippen LogP) is -3.19. The van der Waals surface area contributed by atoms with Crippen LogP contribution in [0.2, 0.25) is 0 Å². The summed E-state index contributed by atoms with van der Waals surface area (Å²) in [4.78, 5) is 266. The second-order valence-corrected chi connectivity index (χ2v) is 36.8. The topological polar surface area (TPSA) is 635 Å². The van der Waals surface area contributed by atoms with Gasteiger partial charge in [-0.2, -0.15) is 35.3 Å². The van der Waals surface area contributed by atoms with Gasteiger partial charge in [-0.05, 0) is 78.0 Å². The highest BCUT2D eigenvalue weighted by atomic mass is 32.2. The monoisotopic (exact) mass is 1900 g/mol. The van der Waals surface area contributed by atoms with Crippen molar-refractivity contribution in [2.75, 3.05) is 109 Å². The number of nitrogens with two attached hydrogens (primary N) is 1. The number of primary amides is 1. The van der Waals surface area contributed by atoms with Crippen molar-refractivity contribution < 1.29 is 117 Å². The van der Waals surface area contributed by atoms with E-state index in [1.807, 2.05) is 0 Å². The first-order valence-electron chi connectivity index (χ1n) is 43.3. The van der Waals surface area contributed by atoms with Crippen molar-refractivity contribution in [2.24, 2.45) is 17.6 Å². The molecule has 0 radical (unpaired) electrons. The number of carbonyl (C=O) groups is 18. The summed E-state index contributed by atoms with van der Waals surface area (Å²) in [6.45, 7) is 4.95. The van der Waals surface area contributed by atoms with Crippen LogP contribution in [0.4, 0.5) is 0 Å². The minimum atomic E-state index is -1.98. The van der Waals surface area contributed by atoms with Crippen molar-refractivity contribution in [3.05, 3.63) is 107 Å². The number of benzene rings is 3. The molecule has 6 heterocycles. The van der Waals surface area contributed by atoms with Crippen molar-refractivity contribution in [2.45, 2.75) is 169 Å². The number of thioether (sulfide) groups is 3. The molecular weight excluding hydrogens is 1780 g/mol. The van der Waals surface area contributed by atoms with E-state index in [0.29, 0.717) is 56.0 Å². The van der Waals surface area contributed by atoms with Crippen LogP contribution in [0, 0.1) is 11.8 Å². The maximum atomic E-state index is 15.5. The standard InChI is InChI=1S/C86H117N19O24S3/c1-46(2)73-84(127)95-61(32-69(111)112)77(120)90-35-66(107)91-59(30-52-33-88-56-13-8-6-11-54(52)56)79(122)99-74(47(3)4)86(129)105-18-10-15-65(105)83(126)96-62(76(87)119)43-130-40-49-27-50-29-51(28-49)42-132-45-64(81(124)94-60(80(123)98-73)31-53-34-89-57-14-9-7-12-55(53)57)97-78(121)58(16-17-68(109)110)93-85(128)75(48(5)106)100-82(125)63(44-131-41-50)92-67(108)36-101-19-21-102(37-70(113)114)23-25-104(39-72(117)118)26-24-103(22-20-101)38-71(115)116/h6-9,11-14,27-29,33-34,46-48,58-65,73-75,88-89,106H,10,15-26,30-32,35-45H2,1-5H3,(H2,87,119)(H,90,120)(H,91,107)(H,92,108)(H,93,128)(H,94,124)(H,95,127)(H,96,126)(H,97,121)(H,98,123)(H,99,122)(H,100,125)(H,109,110)(H,111,112)(H,113,114)(H,115,116)(H,117,118)/t48-,58+,59+,60+,61?,62+,63+,64+,65+,73+,74+,75?/m1/s1. The summed E-state index contributed by atoms with van der Waals surface area (Å²) in [7, 11) is 0. The molecule has 3 aromatic carbocycles. The van der Waals surface area contributed by atoms with Crippen LogP contribution in [0.5, 0.6) is 0 Å². The summed E-state index contributed by atoms with van der Waals surface area (Å²) in [5, 5.41) is 91.0. The largest absolute Gasteiger partial charge is 0.481 e. The van der Waals surface area contributed by atoms with E-state index in [4.69, 9.17) is 5.73 Å². The number of aliphatic carboxylic acids is 5. The molecule has 4 bridgehead atoms. The lowest BCUT2D eigenvalue weighted by Gasteiger charge is -2.33. The molecule has 12 atom stereocenters. The number of hydrogen-bond acceptors (Lipinski definition) is 26. The Morgan fingerprint density at radius 3 is 1.41 bits per heavy atom. The molecule has 9 rings (SSSR count). The van der Waals surface area contributed by atoms with Crippen LogP contribution < -0.4 is 64.2 Å². The van der Waals surface area contributed by atoms with Gasteiger partial charge in [-0.1, -0.05) is 82.3 Å². The Morgan fingerprint density at radius 1 is 0.462 bits per heavy atom. The maximum absolute atomic E-state index is 15.5. The number of para-hydroxylation sites is 2. The average molecular weight is 1900 g/mol. The number of H-pyrrole nitrogens is 2. The second kappa shape index (κ2) is 50.1. The van der Waals surface area contributed by atoms with Gasteiger partial charge in [0.2, 0.25) is 76.8 Å². The molecule has 2 fully saturated rings. The van der Waals surface area contributed by atoms with Gasteiger partial charge in [0, 0.05) is 147 Å². The zero-order valence-electron chi connectivity index (χ0n) is 73.8. The fourth-order valence-corrected chi connectivity index (χ4v) is 18.7. The Kier molecular flexibility index (Phi) is 39.4. The summed E-state index contributed by atoms with van der Waals surface area (Å²) in [6.07, 6.45) is -1.31. The Balaban J connectivity index is 1.10. The van der Waals surface area contributed by atoms with Gasteiger partial charge in [0.25, 0.3) is 0 Å². The van der Waals surface area contributed by atoms with Gasteiger partial charge < -0.3 is 110 Å². The van der Waals surface area contributed by atoms with Crippen molar-refractivity contribution in [3.8, 4) is 0 Å². The van der Waals surface area contributed by atoms with E-state index in [-0.39, 0.29) is 113 Å². The number of aliphatic hydroxyl groups is 1. The number of nitrogens with one attached hydrogen (secondary N) is 13. The molecule has 4 aliphatic rings. The van der Waals surface area contributed by atoms with Gasteiger partial charge in [-0.15, -0.1) is 0 Å². The smallest absolute Gasteiger partial charge is 0.317 e. The molecule has 0 spiro atoms. The average Bonchev–Trinajstić information content (AvgIpc) is 1.61. The summed E-state index contributed by atoms with van der Waals surface area (Å²) in [5.74, 6) is -21.8. The van der Waals surface area contributed by atoms with Gasteiger partial charge in [-0.3, -0.25) is 106 Å². The first-order valence-corrected chi connectivity index (χ1v) is 46.7.